The predicted molar refractivity (Wildman–Crippen MR) is 56.4 cm³/mol. The van der Waals surface area contributed by atoms with Crippen LogP contribution in [0.4, 0.5) is 0 Å². The lowest BCUT2D eigenvalue weighted by molar-refractivity contribution is -0.641. The molecular formula is C9H12N2O4S. The van der Waals surface area contributed by atoms with Crippen molar-refractivity contribution in [3.8, 4) is 11.8 Å². The van der Waals surface area contributed by atoms with Gasteiger partial charge in [0.2, 0.25) is 6.20 Å². The van der Waals surface area contributed by atoms with Crippen molar-refractivity contribution in [3.63, 3.8) is 0 Å². The van der Waals surface area contributed by atoms with Gasteiger partial charge in [-0.15, -0.1) is 0 Å². The van der Waals surface area contributed by atoms with Crippen molar-refractivity contribution in [2.24, 2.45) is 0 Å². The third-order valence-corrected chi connectivity index (χ3v) is 1.19. The number of pyridine rings is 1. The summed E-state index contributed by atoms with van der Waals surface area (Å²) in [5.41, 5.74) is 0.682. The maximum Gasteiger partial charge on any atom is 0.285 e. The zero-order valence-electron chi connectivity index (χ0n) is 8.62. The molecule has 0 fully saturated rings. The highest BCUT2D eigenvalue weighted by molar-refractivity contribution is 7.84. The molecule has 0 radical (unpaired) electrons. The van der Waals surface area contributed by atoms with Crippen molar-refractivity contribution in [1.82, 2.24) is 0 Å². The van der Waals surface area contributed by atoms with Crippen molar-refractivity contribution in [2.75, 3.05) is 18.7 Å². The van der Waals surface area contributed by atoms with Crippen LogP contribution in [-0.4, -0.2) is 30.9 Å². The summed E-state index contributed by atoms with van der Waals surface area (Å²) in [7, 11) is -3.92. The number of rotatable bonds is 0. The summed E-state index contributed by atoms with van der Waals surface area (Å²) in [6.07, 6.45) is 2.30. The monoisotopic (exact) mass is 244 g/mol. The van der Waals surface area contributed by atoms with E-state index in [4.69, 9.17) is 23.9 Å². The second-order valence-electron chi connectivity index (χ2n) is 2.66. The first-order valence-corrected chi connectivity index (χ1v) is 5.92. The van der Waals surface area contributed by atoms with Crippen LogP contribution < -0.4 is 10.5 Å². The van der Waals surface area contributed by atoms with E-state index in [1.165, 1.54) is 4.68 Å². The minimum Gasteiger partial charge on any atom is -0.748 e. The number of hydrogen-bond acceptors (Lipinski definition) is 5. The van der Waals surface area contributed by atoms with Gasteiger partial charge in [-0.3, -0.25) is 0 Å². The molecule has 88 valence electrons. The van der Waals surface area contributed by atoms with E-state index in [1.54, 1.807) is 12.3 Å². The zero-order chi connectivity index (χ0) is 12.6. The molecule has 7 heteroatoms. The molecular weight excluding hydrogens is 232 g/mol. The van der Waals surface area contributed by atoms with Gasteiger partial charge in [0, 0.05) is 24.3 Å². The van der Waals surface area contributed by atoms with Crippen molar-refractivity contribution in [1.29, 1.82) is 0 Å². The Morgan fingerprint density at radius 1 is 1.56 bits per heavy atom. The van der Waals surface area contributed by atoms with Gasteiger partial charge >= 0.3 is 0 Å². The summed E-state index contributed by atoms with van der Waals surface area (Å²) in [5, 5.41) is 8.39. The number of aliphatic hydroxyl groups is 1. The average molecular weight is 244 g/mol. The molecule has 0 saturated heterocycles. The fourth-order valence-electron chi connectivity index (χ4n) is 0.692. The zero-order valence-corrected chi connectivity index (χ0v) is 9.44. The molecule has 16 heavy (non-hydrogen) atoms. The summed E-state index contributed by atoms with van der Waals surface area (Å²) >= 11 is 0. The molecule has 0 aliphatic carbocycles. The van der Waals surface area contributed by atoms with E-state index in [1.807, 2.05) is 12.1 Å². The van der Waals surface area contributed by atoms with Gasteiger partial charge in [0.05, 0.1) is 10.1 Å². The Hall–Kier alpha value is -1.62. The molecule has 3 N–H and O–H groups in total. The van der Waals surface area contributed by atoms with E-state index in [2.05, 4.69) is 11.8 Å². The predicted octanol–water partition coefficient (Wildman–Crippen LogP) is -1.81. The SMILES string of the molecule is CS(=O)(=O)[O-].N[n+]1ccccc1C#CCO. The molecule has 0 aliphatic heterocycles. The quantitative estimate of drug-likeness (QED) is 0.242. The number of hydrogen-bond donors (Lipinski definition) is 2. The normalized spacial score (nSPS) is 9.44. The molecule has 0 bridgehead atoms. The average Bonchev–Trinajstić information content (AvgIpc) is 2.14. The van der Waals surface area contributed by atoms with E-state index in [0.29, 0.717) is 11.9 Å². The van der Waals surface area contributed by atoms with E-state index >= 15 is 0 Å². The smallest absolute Gasteiger partial charge is 0.285 e. The second-order valence-corrected chi connectivity index (χ2v) is 4.07. The Kier molecular flexibility index (Phi) is 6.10. The Balaban J connectivity index is 0.000000385. The van der Waals surface area contributed by atoms with Crippen molar-refractivity contribution in [3.05, 3.63) is 30.1 Å². The third-order valence-electron chi connectivity index (χ3n) is 1.19. The number of aliphatic hydroxyl groups excluding tert-OH is 1. The fourth-order valence-corrected chi connectivity index (χ4v) is 0.692. The molecule has 0 saturated carbocycles. The lowest BCUT2D eigenvalue weighted by Gasteiger charge is -1.90. The first-order chi connectivity index (χ1) is 7.34. The Bertz CT molecular complexity index is 480. The van der Waals surface area contributed by atoms with Gasteiger partial charge in [0.15, 0.2) is 0 Å². The van der Waals surface area contributed by atoms with Crippen LogP contribution in [0.3, 0.4) is 0 Å². The third kappa shape index (κ3) is 8.96. The van der Waals surface area contributed by atoms with E-state index in [9.17, 15) is 0 Å². The van der Waals surface area contributed by atoms with Crippen LogP contribution in [0.1, 0.15) is 5.69 Å². The molecule has 0 aliphatic rings. The van der Waals surface area contributed by atoms with Gasteiger partial charge in [-0.05, 0) is 6.07 Å². The standard InChI is InChI=1S/C8H9N2O.CH4O3S/c9-10-6-2-1-4-8(10)5-3-7-11;1-5(2,3)4/h1-2,4,6,11H,7,9H2;1H3,(H,2,3,4)/q+1;/p-1. The first kappa shape index (κ1) is 14.4. The van der Waals surface area contributed by atoms with Gasteiger partial charge in [0.1, 0.15) is 6.61 Å². The van der Waals surface area contributed by atoms with Gasteiger partial charge < -0.3 is 9.66 Å². The summed E-state index contributed by atoms with van der Waals surface area (Å²) in [4.78, 5) is 0. The first-order valence-electron chi connectivity index (χ1n) is 4.11. The summed E-state index contributed by atoms with van der Waals surface area (Å²) in [6, 6.07) is 5.43. The maximum absolute atomic E-state index is 9.08. The molecule has 1 aromatic rings. The Morgan fingerprint density at radius 3 is 2.56 bits per heavy atom. The largest absolute Gasteiger partial charge is 0.748 e. The van der Waals surface area contributed by atoms with Crippen molar-refractivity contribution >= 4 is 10.1 Å². The minimum absolute atomic E-state index is 0.144. The maximum atomic E-state index is 9.08. The topological polar surface area (TPSA) is 107 Å². The molecule has 0 spiro atoms. The van der Waals surface area contributed by atoms with Crippen LogP contribution in [-0.2, 0) is 10.1 Å². The summed E-state index contributed by atoms with van der Waals surface area (Å²) < 4.78 is 28.6. The van der Waals surface area contributed by atoms with E-state index in [0.717, 1.165) is 0 Å². The molecule has 1 aromatic heterocycles. The number of nitrogens with two attached hydrogens (primary N) is 1. The Morgan fingerprint density at radius 2 is 2.12 bits per heavy atom. The molecule has 0 unspecified atom stereocenters. The van der Waals surface area contributed by atoms with Crippen molar-refractivity contribution < 1.29 is 22.8 Å². The summed E-state index contributed by atoms with van der Waals surface area (Å²) in [5.74, 6) is 10.7. The minimum atomic E-state index is -3.92. The van der Waals surface area contributed by atoms with Crippen LogP contribution in [0.15, 0.2) is 24.4 Å². The van der Waals surface area contributed by atoms with Crippen LogP contribution in [0.25, 0.3) is 0 Å². The fraction of sp³-hybridized carbons (Fsp3) is 0.222. The highest BCUT2D eigenvalue weighted by atomic mass is 32.2. The summed E-state index contributed by atoms with van der Waals surface area (Å²) in [6.45, 7) is -0.144. The van der Waals surface area contributed by atoms with E-state index < -0.39 is 10.1 Å². The van der Waals surface area contributed by atoms with Crippen LogP contribution in [0.2, 0.25) is 0 Å². The van der Waals surface area contributed by atoms with Crippen LogP contribution in [0.5, 0.6) is 0 Å². The Labute approximate surface area is 94.1 Å². The second kappa shape index (κ2) is 6.79. The number of nitrogen functional groups attached to an aromatic ring is 1. The van der Waals surface area contributed by atoms with Gasteiger partial charge in [-0.2, -0.15) is 0 Å². The van der Waals surface area contributed by atoms with Gasteiger partial charge in [-0.25, -0.2) is 14.3 Å². The molecule has 0 amide bonds. The van der Waals surface area contributed by atoms with Gasteiger partial charge in [-0.1, -0.05) is 10.6 Å². The van der Waals surface area contributed by atoms with Crippen LogP contribution in [0, 0.1) is 11.8 Å². The molecule has 6 nitrogen and oxygen atoms in total. The lowest BCUT2D eigenvalue weighted by atomic mass is 10.3. The molecule has 0 aromatic carbocycles. The number of aromatic nitrogens is 1. The van der Waals surface area contributed by atoms with E-state index in [-0.39, 0.29) is 6.61 Å². The highest BCUT2D eigenvalue weighted by Gasteiger charge is 1.98. The highest BCUT2D eigenvalue weighted by Crippen LogP contribution is 1.84. The molecule has 1 rings (SSSR count). The lowest BCUT2D eigenvalue weighted by Crippen LogP contribution is -2.46. The molecule has 0 atom stereocenters. The van der Waals surface area contributed by atoms with Gasteiger partial charge in [0.25, 0.3) is 5.69 Å². The molecule has 1 heterocycles. The van der Waals surface area contributed by atoms with Crippen molar-refractivity contribution in [2.45, 2.75) is 0 Å². The van der Waals surface area contributed by atoms with Crippen LogP contribution >= 0.6 is 0 Å². The number of nitrogens with zero attached hydrogens (tertiary/aromatic N) is 1.